The van der Waals surface area contributed by atoms with Crippen molar-refractivity contribution in [1.29, 1.82) is 0 Å². The van der Waals surface area contributed by atoms with Gasteiger partial charge in [0.15, 0.2) is 0 Å². The van der Waals surface area contributed by atoms with Crippen molar-refractivity contribution < 1.29 is 17.6 Å². The molecule has 128 valence electrons. The highest BCUT2D eigenvalue weighted by Gasteiger charge is 2.29. The fourth-order valence-electron chi connectivity index (χ4n) is 2.22. The van der Waals surface area contributed by atoms with Gasteiger partial charge in [-0.25, -0.2) is 12.8 Å². The predicted octanol–water partition coefficient (Wildman–Crippen LogP) is 3.27. The number of para-hydroxylation sites is 1. The standard InChI is InChI=1S/C16H16ClFN2O3S/c1-11(16(21)19-15-9-4-3-8-14(15)18)20(24(2,22)23)13-7-5-6-12(17)10-13/h3-11H,1-2H3,(H,19,21)/t11-/m1/s1. The maximum Gasteiger partial charge on any atom is 0.248 e. The van der Waals surface area contributed by atoms with Gasteiger partial charge in [-0.2, -0.15) is 0 Å². The Morgan fingerprint density at radius 1 is 1.21 bits per heavy atom. The van der Waals surface area contributed by atoms with Crippen LogP contribution in [-0.2, 0) is 14.8 Å². The van der Waals surface area contributed by atoms with Crippen molar-refractivity contribution in [3.05, 3.63) is 59.4 Å². The van der Waals surface area contributed by atoms with Crippen LogP contribution >= 0.6 is 11.6 Å². The molecule has 0 saturated heterocycles. The number of halogens is 2. The van der Waals surface area contributed by atoms with Crippen LogP contribution in [0.1, 0.15) is 6.92 Å². The third kappa shape index (κ3) is 4.24. The zero-order chi connectivity index (χ0) is 17.9. The topological polar surface area (TPSA) is 66.5 Å². The summed E-state index contributed by atoms with van der Waals surface area (Å²) in [4.78, 5) is 12.4. The fraction of sp³-hybridized carbons (Fsp3) is 0.188. The summed E-state index contributed by atoms with van der Waals surface area (Å²) in [5, 5.41) is 2.73. The SMILES string of the molecule is C[C@H](C(=O)Nc1ccccc1F)N(c1cccc(Cl)c1)S(C)(=O)=O. The molecule has 8 heteroatoms. The summed E-state index contributed by atoms with van der Waals surface area (Å²) in [7, 11) is -3.76. The Morgan fingerprint density at radius 2 is 1.88 bits per heavy atom. The van der Waals surface area contributed by atoms with Crippen molar-refractivity contribution in [3.63, 3.8) is 0 Å². The monoisotopic (exact) mass is 370 g/mol. The normalized spacial score (nSPS) is 12.5. The second-order valence-corrected chi connectivity index (χ2v) is 7.48. The van der Waals surface area contributed by atoms with E-state index in [2.05, 4.69) is 5.32 Å². The summed E-state index contributed by atoms with van der Waals surface area (Å²) in [6.45, 7) is 1.41. The number of nitrogens with one attached hydrogen (secondary N) is 1. The molecule has 0 heterocycles. The van der Waals surface area contributed by atoms with Gasteiger partial charge in [0.25, 0.3) is 0 Å². The van der Waals surface area contributed by atoms with E-state index in [9.17, 15) is 17.6 Å². The average molecular weight is 371 g/mol. The Balaban J connectivity index is 2.33. The van der Waals surface area contributed by atoms with Crippen LogP contribution < -0.4 is 9.62 Å². The molecule has 5 nitrogen and oxygen atoms in total. The molecule has 0 spiro atoms. The van der Waals surface area contributed by atoms with E-state index in [1.807, 2.05) is 0 Å². The molecule has 0 aliphatic carbocycles. The van der Waals surface area contributed by atoms with Gasteiger partial charge >= 0.3 is 0 Å². The van der Waals surface area contributed by atoms with Gasteiger partial charge in [0.05, 0.1) is 17.6 Å². The zero-order valence-electron chi connectivity index (χ0n) is 13.0. The number of hydrogen-bond donors (Lipinski definition) is 1. The van der Waals surface area contributed by atoms with E-state index >= 15 is 0 Å². The lowest BCUT2D eigenvalue weighted by atomic mass is 10.2. The smallest absolute Gasteiger partial charge is 0.248 e. The van der Waals surface area contributed by atoms with Crippen molar-refractivity contribution in [1.82, 2.24) is 0 Å². The molecule has 1 atom stereocenters. The van der Waals surface area contributed by atoms with Crippen molar-refractivity contribution >= 4 is 38.9 Å². The van der Waals surface area contributed by atoms with Gasteiger partial charge in [0, 0.05) is 5.02 Å². The molecule has 0 fully saturated rings. The third-order valence-corrected chi connectivity index (χ3v) is 4.76. The first kappa shape index (κ1) is 18.2. The molecule has 24 heavy (non-hydrogen) atoms. The van der Waals surface area contributed by atoms with Gasteiger partial charge in [0.1, 0.15) is 11.9 Å². The van der Waals surface area contributed by atoms with Crippen LogP contribution in [0.15, 0.2) is 48.5 Å². The van der Waals surface area contributed by atoms with Gasteiger partial charge in [-0.3, -0.25) is 9.10 Å². The largest absolute Gasteiger partial charge is 0.322 e. The Labute approximate surface area is 145 Å². The molecular weight excluding hydrogens is 355 g/mol. The minimum absolute atomic E-state index is 0.0195. The highest BCUT2D eigenvalue weighted by Crippen LogP contribution is 2.25. The van der Waals surface area contributed by atoms with E-state index in [0.717, 1.165) is 10.6 Å². The van der Waals surface area contributed by atoms with Crippen molar-refractivity contribution in [2.45, 2.75) is 13.0 Å². The first-order chi connectivity index (χ1) is 11.2. The molecule has 2 aromatic carbocycles. The lowest BCUT2D eigenvalue weighted by Gasteiger charge is -2.28. The van der Waals surface area contributed by atoms with Crippen LogP contribution in [0.25, 0.3) is 0 Å². The first-order valence-corrected chi connectivity index (χ1v) is 9.23. The van der Waals surface area contributed by atoms with Crippen LogP contribution in [0.5, 0.6) is 0 Å². The van der Waals surface area contributed by atoms with E-state index in [0.29, 0.717) is 5.02 Å². The molecule has 0 radical (unpaired) electrons. The van der Waals surface area contributed by atoms with E-state index in [1.165, 1.54) is 37.3 Å². The third-order valence-electron chi connectivity index (χ3n) is 3.28. The van der Waals surface area contributed by atoms with E-state index in [4.69, 9.17) is 11.6 Å². The Hall–Kier alpha value is -2.12. The molecule has 0 unspecified atom stereocenters. The van der Waals surface area contributed by atoms with Crippen LogP contribution in [0.2, 0.25) is 5.02 Å². The number of anilines is 2. The van der Waals surface area contributed by atoms with Crippen LogP contribution in [0, 0.1) is 5.82 Å². The number of amides is 1. The van der Waals surface area contributed by atoms with Crippen LogP contribution in [-0.4, -0.2) is 26.6 Å². The van der Waals surface area contributed by atoms with Gasteiger partial charge in [-0.15, -0.1) is 0 Å². The quantitative estimate of drug-likeness (QED) is 0.878. The Morgan fingerprint density at radius 3 is 2.46 bits per heavy atom. The maximum absolute atomic E-state index is 13.7. The molecule has 1 N–H and O–H groups in total. The molecule has 2 aromatic rings. The lowest BCUT2D eigenvalue weighted by molar-refractivity contribution is -0.116. The van der Waals surface area contributed by atoms with Gasteiger partial charge < -0.3 is 5.32 Å². The number of rotatable bonds is 5. The highest BCUT2D eigenvalue weighted by atomic mass is 35.5. The number of carbonyl (C=O) groups excluding carboxylic acids is 1. The highest BCUT2D eigenvalue weighted by molar-refractivity contribution is 7.92. The minimum Gasteiger partial charge on any atom is -0.322 e. The molecule has 0 aliphatic rings. The van der Waals surface area contributed by atoms with E-state index in [-0.39, 0.29) is 11.4 Å². The number of benzene rings is 2. The number of sulfonamides is 1. The van der Waals surface area contributed by atoms with Gasteiger partial charge in [-0.05, 0) is 37.3 Å². The zero-order valence-corrected chi connectivity index (χ0v) is 14.6. The molecular formula is C16H16ClFN2O3S. The number of nitrogens with zero attached hydrogens (tertiary/aromatic N) is 1. The van der Waals surface area contributed by atoms with Crippen molar-refractivity contribution in [3.8, 4) is 0 Å². The summed E-state index contributed by atoms with van der Waals surface area (Å²) >= 11 is 5.90. The maximum atomic E-state index is 13.7. The summed E-state index contributed by atoms with van der Waals surface area (Å²) in [6, 6.07) is 10.7. The molecule has 1 amide bonds. The van der Waals surface area contributed by atoms with Crippen LogP contribution in [0.4, 0.5) is 15.8 Å². The Kier molecular flexibility index (Phi) is 5.46. The second kappa shape index (κ2) is 7.19. The first-order valence-electron chi connectivity index (χ1n) is 7.00. The van der Waals surface area contributed by atoms with Gasteiger partial charge in [0.2, 0.25) is 15.9 Å². The summed E-state index contributed by atoms with van der Waals surface area (Å²) < 4.78 is 38.9. The fourth-order valence-corrected chi connectivity index (χ4v) is 3.57. The van der Waals surface area contributed by atoms with Crippen molar-refractivity contribution in [2.75, 3.05) is 15.9 Å². The molecule has 0 aromatic heterocycles. The van der Waals surface area contributed by atoms with E-state index < -0.39 is 27.8 Å². The predicted molar refractivity (Wildman–Crippen MR) is 93.3 cm³/mol. The molecule has 0 aliphatic heterocycles. The average Bonchev–Trinajstić information content (AvgIpc) is 2.48. The summed E-state index contributed by atoms with van der Waals surface area (Å²) in [6.07, 6.45) is 0.987. The van der Waals surface area contributed by atoms with Gasteiger partial charge in [-0.1, -0.05) is 29.8 Å². The Bertz CT molecular complexity index is 858. The number of hydrogen-bond acceptors (Lipinski definition) is 3. The second-order valence-electron chi connectivity index (χ2n) is 5.18. The minimum atomic E-state index is -3.76. The number of carbonyl (C=O) groups is 1. The van der Waals surface area contributed by atoms with Crippen LogP contribution in [0.3, 0.4) is 0 Å². The lowest BCUT2D eigenvalue weighted by Crippen LogP contribution is -2.45. The summed E-state index contributed by atoms with van der Waals surface area (Å²) in [5.41, 5.74) is 0.232. The molecule has 2 rings (SSSR count). The van der Waals surface area contributed by atoms with Crippen molar-refractivity contribution in [2.24, 2.45) is 0 Å². The molecule has 0 bridgehead atoms. The molecule has 0 saturated carbocycles. The van der Waals surface area contributed by atoms with E-state index in [1.54, 1.807) is 18.2 Å². The summed E-state index contributed by atoms with van der Waals surface area (Å²) in [5.74, 6) is -1.27.